The third-order valence-electron chi connectivity index (χ3n) is 4.47. The largest absolute Gasteiger partial charge is 0.496 e. The zero-order valence-electron chi connectivity index (χ0n) is 15.8. The first kappa shape index (κ1) is 19.3. The van der Waals surface area contributed by atoms with Crippen molar-refractivity contribution in [3.05, 3.63) is 53.6 Å². The summed E-state index contributed by atoms with van der Waals surface area (Å²) in [4.78, 5) is 2.14. The van der Waals surface area contributed by atoms with Crippen LogP contribution in [0.1, 0.15) is 17.2 Å². The molecule has 0 aliphatic carbocycles. The van der Waals surface area contributed by atoms with E-state index < -0.39 is 0 Å². The molecular formula is C20H25N3O3S. The number of ether oxygens (including phenoxy) is 3. The van der Waals surface area contributed by atoms with Crippen molar-refractivity contribution >= 4 is 17.3 Å². The van der Waals surface area contributed by atoms with E-state index in [1.807, 2.05) is 50.5 Å². The molecule has 2 aromatic rings. The first-order chi connectivity index (χ1) is 13.1. The van der Waals surface area contributed by atoms with Crippen molar-refractivity contribution in [3.63, 3.8) is 0 Å². The molecule has 0 fully saturated rings. The van der Waals surface area contributed by atoms with Crippen LogP contribution in [-0.4, -0.2) is 44.6 Å². The number of thiocarbonyl (C=S) groups is 1. The van der Waals surface area contributed by atoms with E-state index in [2.05, 4.69) is 21.6 Å². The van der Waals surface area contributed by atoms with Crippen LogP contribution in [0.4, 0.5) is 0 Å². The first-order valence-corrected chi connectivity index (χ1v) is 9.19. The van der Waals surface area contributed by atoms with Gasteiger partial charge in [0.15, 0.2) is 16.6 Å². The fourth-order valence-corrected chi connectivity index (χ4v) is 3.15. The van der Waals surface area contributed by atoms with Gasteiger partial charge in [-0.2, -0.15) is 0 Å². The molecule has 2 N–H and O–H groups in total. The first-order valence-electron chi connectivity index (χ1n) is 8.78. The summed E-state index contributed by atoms with van der Waals surface area (Å²) < 4.78 is 16.2. The molecule has 0 spiro atoms. The normalized spacial score (nSPS) is 13.3. The lowest BCUT2D eigenvalue weighted by atomic mass is 10.0. The number of para-hydroxylation sites is 1. The van der Waals surface area contributed by atoms with E-state index in [9.17, 15) is 0 Å². The van der Waals surface area contributed by atoms with E-state index in [0.717, 1.165) is 28.4 Å². The Bertz CT molecular complexity index is 798. The summed E-state index contributed by atoms with van der Waals surface area (Å²) in [6.45, 7) is 1.56. The third kappa shape index (κ3) is 4.81. The lowest BCUT2D eigenvalue weighted by molar-refractivity contribution is 0.174. The van der Waals surface area contributed by atoms with E-state index in [4.69, 9.17) is 26.4 Å². The summed E-state index contributed by atoms with van der Waals surface area (Å²) in [7, 11) is 5.78. The van der Waals surface area contributed by atoms with Crippen LogP contribution >= 0.6 is 12.2 Å². The molecule has 0 unspecified atom stereocenters. The molecule has 1 aliphatic heterocycles. The van der Waals surface area contributed by atoms with Crippen molar-refractivity contribution in [2.75, 3.05) is 34.5 Å². The number of nitrogens with zero attached hydrogens (tertiary/aromatic N) is 1. The summed E-state index contributed by atoms with van der Waals surface area (Å²) in [5.74, 6) is 2.43. The minimum Gasteiger partial charge on any atom is -0.496 e. The molecule has 0 amide bonds. The van der Waals surface area contributed by atoms with Crippen molar-refractivity contribution in [1.29, 1.82) is 0 Å². The second-order valence-corrected chi connectivity index (χ2v) is 6.88. The fraction of sp³-hybridized carbons (Fsp3) is 0.350. The van der Waals surface area contributed by atoms with E-state index in [1.165, 1.54) is 0 Å². The minimum atomic E-state index is 0.131. The second kappa shape index (κ2) is 8.92. The maximum Gasteiger partial charge on any atom is 0.231 e. The van der Waals surface area contributed by atoms with Gasteiger partial charge in [0.05, 0.1) is 13.2 Å². The number of nitrogens with one attached hydrogen (secondary N) is 2. The van der Waals surface area contributed by atoms with E-state index >= 15 is 0 Å². The molecule has 1 atom stereocenters. The van der Waals surface area contributed by atoms with Crippen LogP contribution in [0.25, 0.3) is 0 Å². The highest BCUT2D eigenvalue weighted by molar-refractivity contribution is 7.80. The monoisotopic (exact) mass is 387 g/mol. The van der Waals surface area contributed by atoms with Crippen molar-refractivity contribution in [2.24, 2.45) is 0 Å². The SMILES string of the molecule is COc1ccccc1[C@@H](CNC(=S)NCc1ccc2c(c1)OCO2)N(C)C. The molecule has 144 valence electrons. The maximum absolute atomic E-state index is 5.50. The van der Waals surface area contributed by atoms with Crippen LogP contribution in [0.2, 0.25) is 0 Å². The van der Waals surface area contributed by atoms with Crippen LogP contribution < -0.4 is 24.8 Å². The fourth-order valence-electron chi connectivity index (χ4n) is 3.00. The molecule has 7 heteroatoms. The molecule has 27 heavy (non-hydrogen) atoms. The summed E-state index contributed by atoms with van der Waals surface area (Å²) in [6.07, 6.45) is 0. The Hall–Kier alpha value is -2.51. The molecule has 6 nitrogen and oxygen atoms in total. The standard InChI is InChI=1S/C20H25N3O3S/c1-23(2)16(15-6-4-5-7-17(15)24-3)12-22-20(27)21-11-14-8-9-18-19(10-14)26-13-25-18/h4-10,16H,11-13H2,1-3H3,(H2,21,22,27)/t16-/m1/s1. The van der Waals surface area contributed by atoms with Gasteiger partial charge in [-0.15, -0.1) is 0 Å². The predicted octanol–water partition coefficient (Wildman–Crippen LogP) is 2.69. The molecule has 0 saturated carbocycles. The smallest absolute Gasteiger partial charge is 0.231 e. The van der Waals surface area contributed by atoms with Gasteiger partial charge in [0, 0.05) is 18.7 Å². The molecule has 0 aromatic heterocycles. The topological polar surface area (TPSA) is 55.0 Å². The van der Waals surface area contributed by atoms with Gasteiger partial charge in [-0.1, -0.05) is 24.3 Å². The van der Waals surface area contributed by atoms with Gasteiger partial charge in [-0.25, -0.2) is 0 Å². The van der Waals surface area contributed by atoms with Gasteiger partial charge in [0.2, 0.25) is 6.79 Å². The third-order valence-corrected chi connectivity index (χ3v) is 4.76. The van der Waals surface area contributed by atoms with Gasteiger partial charge in [-0.3, -0.25) is 0 Å². The van der Waals surface area contributed by atoms with Crippen LogP contribution in [0.5, 0.6) is 17.2 Å². The molecule has 0 bridgehead atoms. The number of rotatable bonds is 7. The van der Waals surface area contributed by atoms with Crippen LogP contribution in [0, 0.1) is 0 Å². The van der Waals surface area contributed by atoms with Crippen molar-refractivity contribution < 1.29 is 14.2 Å². The Kier molecular flexibility index (Phi) is 6.36. The highest BCUT2D eigenvalue weighted by atomic mass is 32.1. The van der Waals surface area contributed by atoms with Crippen molar-refractivity contribution in [2.45, 2.75) is 12.6 Å². The van der Waals surface area contributed by atoms with Crippen LogP contribution in [0.15, 0.2) is 42.5 Å². The zero-order chi connectivity index (χ0) is 19.2. The molecular weight excluding hydrogens is 362 g/mol. The molecule has 0 saturated heterocycles. The van der Waals surface area contributed by atoms with E-state index in [1.54, 1.807) is 7.11 Å². The predicted molar refractivity (Wildman–Crippen MR) is 109 cm³/mol. The van der Waals surface area contributed by atoms with Crippen molar-refractivity contribution in [1.82, 2.24) is 15.5 Å². The number of fused-ring (bicyclic) bond motifs is 1. The summed E-state index contributed by atoms with van der Waals surface area (Å²) in [5.41, 5.74) is 2.20. The molecule has 1 aliphatic rings. The lowest BCUT2D eigenvalue weighted by Crippen LogP contribution is -2.40. The Morgan fingerprint density at radius 3 is 2.70 bits per heavy atom. The number of likely N-dealkylation sites (N-methyl/N-ethyl adjacent to an activating group) is 1. The van der Waals surface area contributed by atoms with Crippen LogP contribution in [0.3, 0.4) is 0 Å². The minimum absolute atomic E-state index is 0.131. The van der Waals surface area contributed by atoms with Crippen LogP contribution in [-0.2, 0) is 6.54 Å². The highest BCUT2D eigenvalue weighted by Crippen LogP contribution is 2.32. The highest BCUT2D eigenvalue weighted by Gasteiger charge is 2.18. The second-order valence-electron chi connectivity index (χ2n) is 6.47. The van der Waals surface area contributed by atoms with Gasteiger partial charge in [0.1, 0.15) is 5.75 Å². The van der Waals surface area contributed by atoms with Crippen molar-refractivity contribution in [3.8, 4) is 17.2 Å². The average Bonchev–Trinajstić information content (AvgIpc) is 3.14. The van der Waals surface area contributed by atoms with Gasteiger partial charge < -0.3 is 29.7 Å². The summed E-state index contributed by atoms with van der Waals surface area (Å²) in [5, 5.41) is 7.15. The Balaban J connectivity index is 1.55. The quantitative estimate of drug-likeness (QED) is 0.709. The molecule has 2 aromatic carbocycles. The Morgan fingerprint density at radius 1 is 1.15 bits per heavy atom. The summed E-state index contributed by atoms with van der Waals surface area (Å²) >= 11 is 5.44. The maximum atomic E-state index is 5.50. The molecule has 3 rings (SSSR count). The number of hydrogen-bond acceptors (Lipinski definition) is 5. The lowest BCUT2D eigenvalue weighted by Gasteiger charge is -2.27. The zero-order valence-corrected chi connectivity index (χ0v) is 16.6. The van der Waals surface area contributed by atoms with E-state index in [-0.39, 0.29) is 12.8 Å². The Morgan fingerprint density at radius 2 is 1.93 bits per heavy atom. The average molecular weight is 388 g/mol. The Labute approximate surface area is 165 Å². The molecule has 0 radical (unpaired) electrons. The van der Waals surface area contributed by atoms with Gasteiger partial charge >= 0.3 is 0 Å². The number of hydrogen-bond donors (Lipinski definition) is 2. The number of benzene rings is 2. The van der Waals surface area contributed by atoms with Gasteiger partial charge in [0.25, 0.3) is 0 Å². The van der Waals surface area contributed by atoms with E-state index in [0.29, 0.717) is 18.2 Å². The van der Waals surface area contributed by atoms with Gasteiger partial charge in [-0.05, 0) is 50.1 Å². The summed E-state index contributed by atoms with van der Waals surface area (Å²) in [6, 6.07) is 14.1. The molecule has 1 heterocycles. The number of methoxy groups -OCH3 is 1.